The molecule has 3 aromatic carbocycles. The lowest BCUT2D eigenvalue weighted by Crippen LogP contribution is -2.41. The van der Waals surface area contributed by atoms with Gasteiger partial charge in [0.2, 0.25) is 5.91 Å². The largest absolute Gasteiger partial charge is 0.457 e. The second-order valence-electron chi connectivity index (χ2n) is 9.48. The molecule has 0 radical (unpaired) electrons. The lowest BCUT2D eigenvalue weighted by Gasteiger charge is -2.40. The molecule has 2 heterocycles. The number of nitrogens with zero attached hydrogens (tertiary/aromatic N) is 2. The summed E-state index contributed by atoms with van der Waals surface area (Å²) in [6, 6.07) is 31.0. The number of carbonyl (C=O) groups is 2. The molecular formula is C32H26N2O3. The molecule has 0 bridgehead atoms. The maximum Gasteiger partial charge on any atom is 0.232 e. The molecule has 2 unspecified atom stereocenters. The fraction of sp³-hybridized carbons (Fsp3) is 0.156. The van der Waals surface area contributed by atoms with Crippen molar-refractivity contribution in [1.29, 1.82) is 0 Å². The van der Waals surface area contributed by atoms with Crippen LogP contribution < -0.4 is 9.64 Å². The van der Waals surface area contributed by atoms with Gasteiger partial charge >= 0.3 is 0 Å². The number of Topliss-reactive ketones (excluding diaryl/α,β-unsaturated/α-hetero) is 1. The molecule has 2 aliphatic rings. The zero-order valence-corrected chi connectivity index (χ0v) is 20.3. The van der Waals surface area contributed by atoms with E-state index in [2.05, 4.69) is 17.1 Å². The Morgan fingerprint density at radius 3 is 2.08 bits per heavy atom. The summed E-state index contributed by atoms with van der Waals surface area (Å²) >= 11 is 0. The van der Waals surface area contributed by atoms with Crippen LogP contribution in [0, 0.1) is 0 Å². The summed E-state index contributed by atoms with van der Waals surface area (Å²) in [5.74, 6) is 1.26. The SMILES string of the molecule is O=C1CC(c2ccccc2)CC2=C1C(c1cccnc1)CC(=O)N2c1ccc(Oc2ccccc2)cc1. The first-order valence-electron chi connectivity index (χ1n) is 12.5. The summed E-state index contributed by atoms with van der Waals surface area (Å²) in [4.78, 5) is 33.4. The number of pyridine rings is 1. The summed E-state index contributed by atoms with van der Waals surface area (Å²) in [7, 11) is 0. The molecule has 6 rings (SSSR count). The summed E-state index contributed by atoms with van der Waals surface area (Å²) in [6.07, 6.45) is 4.77. The number of benzene rings is 3. The van der Waals surface area contributed by atoms with E-state index in [1.54, 1.807) is 17.3 Å². The highest BCUT2D eigenvalue weighted by molar-refractivity contribution is 6.07. The molecule has 1 amide bonds. The van der Waals surface area contributed by atoms with Crippen molar-refractivity contribution in [2.45, 2.75) is 31.1 Å². The van der Waals surface area contributed by atoms with E-state index in [1.165, 1.54) is 0 Å². The number of aromatic nitrogens is 1. The molecule has 182 valence electrons. The minimum atomic E-state index is -0.280. The number of ether oxygens (including phenoxy) is 1. The second kappa shape index (κ2) is 9.86. The first kappa shape index (κ1) is 22.9. The first-order chi connectivity index (χ1) is 18.2. The van der Waals surface area contributed by atoms with Crippen molar-refractivity contribution in [3.63, 3.8) is 0 Å². The zero-order chi connectivity index (χ0) is 25.2. The summed E-state index contributed by atoms with van der Waals surface area (Å²) in [6.45, 7) is 0. The smallest absolute Gasteiger partial charge is 0.232 e. The Hall–Kier alpha value is -4.51. The number of amides is 1. The van der Waals surface area contributed by atoms with Gasteiger partial charge in [0.15, 0.2) is 5.78 Å². The Labute approximate surface area is 216 Å². The quantitative estimate of drug-likeness (QED) is 0.311. The molecular weight excluding hydrogens is 460 g/mol. The zero-order valence-electron chi connectivity index (χ0n) is 20.3. The number of allylic oxidation sites excluding steroid dienone is 2. The van der Waals surface area contributed by atoms with Crippen molar-refractivity contribution < 1.29 is 14.3 Å². The summed E-state index contributed by atoms with van der Waals surface area (Å²) < 4.78 is 5.94. The molecule has 4 aromatic rings. The molecule has 0 saturated heterocycles. The molecule has 0 saturated carbocycles. The molecule has 0 fully saturated rings. The average Bonchev–Trinajstić information content (AvgIpc) is 2.94. The van der Waals surface area contributed by atoms with Crippen LogP contribution in [0.4, 0.5) is 5.69 Å². The highest BCUT2D eigenvalue weighted by atomic mass is 16.5. The number of carbonyl (C=O) groups excluding carboxylic acids is 2. The molecule has 2 atom stereocenters. The van der Waals surface area contributed by atoms with E-state index in [4.69, 9.17) is 4.74 Å². The van der Waals surface area contributed by atoms with Gasteiger partial charge in [-0.2, -0.15) is 0 Å². The Morgan fingerprint density at radius 2 is 1.38 bits per heavy atom. The van der Waals surface area contributed by atoms with Crippen LogP contribution in [0.3, 0.4) is 0 Å². The second-order valence-corrected chi connectivity index (χ2v) is 9.48. The highest BCUT2D eigenvalue weighted by Gasteiger charge is 2.42. The van der Waals surface area contributed by atoms with Crippen LogP contribution >= 0.6 is 0 Å². The fourth-order valence-corrected chi connectivity index (χ4v) is 5.45. The standard InChI is InChI=1S/C32H26N2O3/c35-30-19-24(22-8-3-1-4-9-22)18-29-32(30)28(23-10-7-17-33-21-23)20-31(36)34(29)25-13-15-27(16-14-25)37-26-11-5-2-6-12-26/h1-17,21,24,28H,18-20H2. The van der Waals surface area contributed by atoms with Crippen LogP contribution in [0.25, 0.3) is 0 Å². The number of hydrogen-bond donors (Lipinski definition) is 0. The molecule has 37 heavy (non-hydrogen) atoms. The number of rotatable bonds is 5. The topological polar surface area (TPSA) is 59.5 Å². The first-order valence-corrected chi connectivity index (χ1v) is 12.5. The molecule has 0 N–H and O–H groups in total. The maximum absolute atomic E-state index is 13.7. The van der Waals surface area contributed by atoms with Crippen molar-refractivity contribution in [2.24, 2.45) is 0 Å². The van der Waals surface area contributed by atoms with E-state index in [1.807, 2.05) is 84.9 Å². The van der Waals surface area contributed by atoms with Crippen LogP contribution in [-0.2, 0) is 9.59 Å². The molecule has 1 aromatic heterocycles. The van der Waals surface area contributed by atoms with Crippen molar-refractivity contribution in [3.8, 4) is 11.5 Å². The molecule has 5 heteroatoms. The van der Waals surface area contributed by atoms with Gasteiger partial charge in [-0.05, 0) is 65.9 Å². The number of anilines is 1. The van der Waals surface area contributed by atoms with Gasteiger partial charge in [0, 0.05) is 48.1 Å². The van der Waals surface area contributed by atoms with Crippen molar-refractivity contribution in [1.82, 2.24) is 4.98 Å². The van der Waals surface area contributed by atoms with Crippen LogP contribution in [-0.4, -0.2) is 16.7 Å². The van der Waals surface area contributed by atoms with E-state index in [0.717, 1.165) is 33.8 Å². The lowest BCUT2D eigenvalue weighted by molar-refractivity contribution is -0.120. The van der Waals surface area contributed by atoms with Crippen LogP contribution in [0.5, 0.6) is 11.5 Å². The molecule has 5 nitrogen and oxygen atoms in total. The van der Waals surface area contributed by atoms with E-state index < -0.39 is 0 Å². The van der Waals surface area contributed by atoms with Crippen molar-refractivity contribution in [2.75, 3.05) is 4.90 Å². The monoisotopic (exact) mass is 486 g/mol. The normalized spacial score (nSPS) is 19.5. The van der Waals surface area contributed by atoms with Gasteiger partial charge in [-0.3, -0.25) is 19.5 Å². The third-order valence-corrected chi connectivity index (χ3v) is 7.16. The predicted octanol–water partition coefficient (Wildman–Crippen LogP) is 6.80. The summed E-state index contributed by atoms with van der Waals surface area (Å²) in [5.41, 5.74) is 4.30. The van der Waals surface area contributed by atoms with E-state index >= 15 is 0 Å². The number of hydrogen-bond acceptors (Lipinski definition) is 4. The molecule has 1 aliphatic heterocycles. The Kier molecular flexibility index (Phi) is 6.11. The van der Waals surface area contributed by atoms with E-state index in [-0.39, 0.29) is 29.9 Å². The van der Waals surface area contributed by atoms with Gasteiger partial charge in [-0.25, -0.2) is 0 Å². The Balaban J connectivity index is 1.39. The van der Waals surface area contributed by atoms with Crippen LogP contribution in [0.2, 0.25) is 0 Å². The predicted molar refractivity (Wildman–Crippen MR) is 142 cm³/mol. The van der Waals surface area contributed by atoms with Gasteiger partial charge in [-0.15, -0.1) is 0 Å². The minimum absolute atomic E-state index is 0.0224. The fourth-order valence-electron chi connectivity index (χ4n) is 5.45. The average molecular weight is 487 g/mol. The number of ketones is 1. The third-order valence-electron chi connectivity index (χ3n) is 7.16. The van der Waals surface area contributed by atoms with Crippen molar-refractivity contribution in [3.05, 3.63) is 132 Å². The van der Waals surface area contributed by atoms with Crippen LogP contribution in [0.1, 0.15) is 42.2 Å². The Bertz CT molecular complexity index is 1450. The van der Waals surface area contributed by atoms with Gasteiger partial charge in [0.1, 0.15) is 11.5 Å². The highest BCUT2D eigenvalue weighted by Crippen LogP contribution is 2.47. The molecule has 1 aliphatic carbocycles. The third kappa shape index (κ3) is 4.56. The van der Waals surface area contributed by atoms with E-state index in [9.17, 15) is 9.59 Å². The molecule has 0 spiro atoms. The van der Waals surface area contributed by atoms with Gasteiger partial charge in [-0.1, -0.05) is 54.6 Å². The van der Waals surface area contributed by atoms with Gasteiger partial charge < -0.3 is 4.74 Å². The number of para-hydroxylation sites is 1. The lowest BCUT2D eigenvalue weighted by atomic mass is 9.73. The van der Waals surface area contributed by atoms with Gasteiger partial charge in [0.05, 0.1) is 0 Å². The summed E-state index contributed by atoms with van der Waals surface area (Å²) in [5, 5.41) is 0. The van der Waals surface area contributed by atoms with Crippen LogP contribution in [0.15, 0.2) is 121 Å². The van der Waals surface area contributed by atoms with Gasteiger partial charge in [0.25, 0.3) is 0 Å². The maximum atomic E-state index is 13.7. The van der Waals surface area contributed by atoms with E-state index in [0.29, 0.717) is 18.6 Å². The Morgan fingerprint density at radius 1 is 0.703 bits per heavy atom. The minimum Gasteiger partial charge on any atom is -0.457 e. The van der Waals surface area contributed by atoms with Crippen molar-refractivity contribution >= 4 is 17.4 Å².